The number of phenolic OH excluding ortho intramolecular Hbond substituents is 1. The van der Waals surface area contributed by atoms with Crippen LogP contribution < -0.4 is 5.32 Å². The summed E-state index contributed by atoms with van der Waals surface area (Å²) < 4.78 is 0. The molecule has 0 aliphatic rings. The number of amides is 1. The molecule has 0 aliphatic carbocycles. The smallest absolute Gasteiger partial charge is 0.255 e. The molecular formula is C14H16N2O2S. The van der Waals surface area contributed by atoms with Crippen LogP contribution in [0.2, 0.25) is 0 Å². The normalized spacial score (nSPS) is 12.2. The molecule has 1 heterocycles. The van der Waals surface area contributed by atoms with Gasteiger partial charge in [0.2, 0.25) is 0 Å². The lowest BCUT2D eigenvalue weighted by Gasteiger charge is -2.12. The molecular weight excluding hydrogens is 260 g/mol. The monoisotopic (exact) mass is 276 g/mol. The fourth-order valence-electron chi connectivity index (χ4n) is 1.76. The summed E-state index contributed by atoms with van der Waals surface area (Å²) in [5, 5.41) is 15.5. The van der Waals surface area contributed by atoms with Crippen LogP contribution in [0.15, 0.2) is 23.6 Å². The summed E-state index contributed by atoms with van der Waals surface area (Å²) in [6.45, 7) is 5.68. The number of carbonyl (C=O) groups is 1. The second-order valence-electron chi connectivity index (χ2n) is 4.51. The third kappa shape index (κ3) is 3.12. The van der Waals surface area contributed by atoms with Crippen molar-refractivity contribution in [2.45, 2.75) is 26.8 Å². The molecule has 1 aromatic carbocycles. The molecule has 1 aromatic heterocycles. The van der Waals surface area contributed by atoms with Crippen molar-refractivity contribution in [3.8, 4) is 5.75 Å². The average Bonchev–Trinajstić information content (AvgIpc) is 2.79. The molecule has 5 heteroatoms. The first-order chi connectivity index (χ1) is 8.97. The minimum Gasteiger partial charge on any atom is -0.507 e. The van der Waals surface area contributed by atoms with E-state index in [0.29, 0.717) is 5.56 Å². The Morgan fingerprint density at radius 1 is 1.42 bits per heavy atom. The van der Waals surface area contributed by atoms with E-state index in [9.17, 15) is 9.90 Å². The zero-order chi connectivity index (χ0) is 14.0. The van der Waals surface area contributed by atoms with E-state index in [4.69, 9.17) is 0 Å². The van der Waals surface area contributed by atoms with Gasteiger partial charge in [0, 0.05) is 5.38 Å². The summed E-state index contributed by atoms with van der Waals surface area (Å²) in [5.41, 5.74) is 2.06. The molecule has 0 saturated carbocycles. The minimum absolute atomic E-state index is 0.00948. The lowest BCUT2D eigenvalue weighted by atomic mass is 10.1. The molecule has 2 N–H and O–H groups in total. The molecule has 1 amide bonds. The average molecular weight is 276 g/mol. The third-order valence-corrected chi connectivity index (χ3v) is 3.62. The van der Waals surface area contributed by atoms with Crippen LogP contribution in [0.4, 0.5) is 0 Å². The Hall–Kier alpha value is -1.88. The molecule has 0 spiro atoms. The highest BCUT2D eigenvalue weighted by Crippen LogP contribution is 2.20. The topological polar surface area (TPSA) is 62.2 Å². The molecule has 0 aliphatic heterocycles. The van der Waals surface area contributed by atoms with E-state index in [1.54, 1.807) is 23.5 Å². The fourth-order valence-corrected chi connectivity index (χ4v) is 2.47. The molecule has 2 aromatic rings. The highest BCUT2D eigenvalue weighted by molar-refractivity contribution is 7.09. The van der Waals surface area contributed by atoms with Gasteiger partial charge in [-0.3, -0.25) is 4.79 Å². The van der Waals surface area contributed by atoms with Crippen molar-refractivity contribution in [3.05, 3.63) is 45.4 Å². The van der Waals surface area contributed by atoms with Crippen LogP contribution in [0.1, 0.15) is 39.6 Å². The van der Waals surface area contributed by atoms with Crippen molar-refractivity contribution < 1.29 is 9.90 Å². The Morgan fingerprint density at radius 3 is 2.79 bits per heavy atom. The molecule has 1 atom stereocenters. The van der Waals surface area contributed by atoms with Gasteiger partial charge in [0.25, 0.3) is 5.91 Å². The molecule has 4 nitrogen and oxygen atoms in total. The van der Waals surface area contributed by atoms with Gasteiger partial charge in [0.15, 0.2) is 0 Å². The molecule has 0 saturated heterocycles. The number of rotatable bonds is 3. The van der Waals surface area contributed by atoms with Gasteiger partial charge in [-0.25, -0.2) is 4.98 Å². The van der Waals surface area contributed by atoms with Gasteiger partial charge in [-0.15, -0.1) is 11.3 Å². The maximum Gasteiger partial charge on any atom is 0.255 e. The number of aromatic nitrogens is 1. The van der Waals surface area contributed by atoms with Crippen LogP contribution in [-0.2, 0) is 0 Å². The number of carbonyl (C=O) groups excluding carboxylic acids is 1. The lowest BCUT2D eigenvalue weighted by Crippen LogP contribution is -2.27. The van der Waals surface area contributed by atoms with Gasteiger partial charge in [0.1, 0.15) is 5.75 Å². The van der Waals surface area contributed by atoms with Crippen molar-refractivity contribution in [1.29, 1.82) is 0 Å². The number of hydrogen-bond acceptors (Lipinski definition) is 4. The largest absolute Gasteiger partial charge is 0.507 e. The molecule has 2 rings (SSSR count). The highest BCUT2D eigenvalue weighted by Gasteiger charge is 2.16. The lowest BCUT2D eigenvalue weighted by molar-refractivity contribution is 0.0936. The van der Waals surface area contributed by atoms with E-state index in [0.717, 1.165) is 16.3 Å². The summed E-state index contributed by atoms with van der Waals surface area (Å²) in [7, 11) is 0. The van der Waals surface area contributed by atoms with Crippen LogP contribution >= 0.6 is 11.3 Å². The van der Waals surface area contributed by atoms with E-state index in [1.165, 1.54) is 6.07 Å². The maximum absolute atomic E-state index is 12.1. The number of phenols is 1. The van der Waals surface area contributed by atoms with Crippen molar-refractivity contribution in [3.63, 3.8) is 0 Å². The van der Waals surface area contributed by atoms with Crippen molar-refractivity contribution >= 4 is 17.2 Å². The van der Waals surface area contributed by atoms with E-state index < -0.39 is 0 Å². The zero-order valence-electron chi connectivity index (χ0n) is 11.1. The number of nitrogens with one attached hydrogen (secondary N) is 1. The summed E-state index contributed by atoms with van der Waals surface area (Å²) in [6.07, 6.45) is 0. The molecule has 1 unspecified atom stereocenters. The zero-order valence-corrected chi connectivity index (χ0v) is 11.9. The maximum atomic E-state index is 12.1. The van der Waals surface area contributed by atoms with E-state index in [-0.39, 0.29) is 17.7 Å². The first-order valence-corrected chi connectivity index (χ1v) is 6.88. The molecule has 0 bridgehead atoms. The first kappa shape index (κ1) is 13.5. The number of hydrogen-bond donors (Lipinski definition) is 2. The Morgan fingerprint density at radius 2 is 2.16 bits per heavy atom. The Balaban J connectivity index is 2.15. The standard InChI is InChI=1S/C14H16N2O2S/c1-8-4-5-13(17)11(6-8)14(18)15-9(2)12-7-19-10(3)16-12/h4-7,9,17H,1-3H3,(H,15,18). The number of aromatic hydroxyl groups is 1. The predicted molar refractivity (Wildman–Crippen MR) is 75.6 cm³/mol. The van der Waals surface area contributed by atoms with Gasteiger partial charge in [-0.2, -0.15) is 0 Å². The summed E-state index contributed by atoms with van der Waals surface area (Å²) >= 11 is 1.55. The molecule has 0 radical (unpaired) electrons. The van der Waals surface area contributed by atoms with Crippen molar-refractivity contribution in [2.24, 2.45) is 0 Å². The molecule has 19 heavy (non-hydrogen) atoms. The third-order valence-electron chi connectivity index (χ3n) is 2.82. The summed E-state index contributed by atoms with van der Waals surface area (Å²) in [6, 6.07) is 4.78. The predicted octanol–water partition coefficient (Wildman–Crippen LogP) is 2.96. The highest BCUT2D eigenvalue weighted by atomic mass is 32.1. The number of aryl methyl sites for hydroxylation is 2. The van der Waals surface area contributed by atoms with Crippen LogP contribution in [0.25, 0.3) is 0 Å². The van der Waals surface area contributed by atoms with Crippen molar-refractivity contribution in [2.75, 3.05) is 0 Å². The number of thiazole rings is 1. The van der Waals surface area contributed by atoms with Crippen molar-refractivity contribution in [1.82, 2.24) is 10.3 Å². The van der Waals surface area contributed by atoms with Crippen LogP contribution in [0, 0.1) is 13.8 Å². The Bertz CT molecular complexity index is 607. The molecule has 100 valence electrons. The van der Waals surface area contributed by atoms with Gasteiger partial charge < -0.3 is 10.4 Å². The Kier molecular flexibility index (Phi) is 3.85. The second kappa shape index (κ2) is 5.40. The van der Waals surface area contributed by atoms with E-state index in [2.05, 4.69) is 10.3 Å². The quantitative estimate of drug-likeness (QED) is 0.906. The minimum atomic E-state index is -0.292. The van der Waals surface area contributed by atoms with Gasteiger partial charge >= 0.3 is 0 Å². The van der Waals surface area contributed by atoms with Crippen LogP contribution in [-0.4, -0.2) is 16.0 Å². The van der Waals surface area contributed by atoms with Crippen LogP contribution in [0.5, 0.6) is 5.75 Å². The van der Waals surface area contributed by atoms with Crippen LogP contribution in [0.3, 0.4) is 0 Å². The van der Waals surface area contributed by atoms with Gasteiger partial charge in [-0.05, 0) is 32.9 Å². The molecule has 0 fully saturated rings. The van der Waals surface area contributed by atoms with E-state index >= 15 is 0 Å². The number of benzene rings is 1. The SMILES string of the molecule is Cc1ccc(O)c(C(=O)NC(C)c2csc(C)n2)c1. The van der Waals surface area contributed by atoms with E-state index in [1.807, 2.05) is 26.2 Å². The summed E-state index contributed by atoms with van der Waals surface area (Å²) in [4.78, 5) is 16.5. The number of nitrogens with zero attached hydrogens (tertiary/aromatic N) is 1. The first-order valence-electron chi connectivity index (χ1n) is 6.00. The summed E-state index contributed by atoms with van der Waals surface area (Å²) in [5.74, 6) is -0.302. The van der Waals surface area contributed by atoms with Gasteiger partial charge in [-0.1, -0.05) is 11.6 Å². The fraction of sp³-hybridized carbons (Fsp3) is 0.286. The Labute approximate surface area is 116 Å². The second-order valence-corrected chi connectivity index (χ2v) is 5.57. The van der Waals surface area contributed by atoms with Gasteiger partial charge in [0.05, 0.1) is 22.3 Å².